The van der Waals surface area contributed by atoms with Crippen LogP contribution in [0.15, 0.2) is 0 Å². The van der Waals surface area contributed by atoms with E-state index >= 15 is 0 Å². The zero-order valence-electron chi connectivity index (χ0n) is 9.71. The molecule has 1 unspecified atom stereocenters. The Balaban J connectivity index is 0. The number of aliphatic carboxylic acids is 1. The number of hydrogen-bond donors (Lipinski definition) is 4. The molecule has 102 valence electrons. The molecule has 9 heteroatoms. The molecule has 0 bridgehead atoms. The van der Waals surface area contributed by atoms with Crippen molar-refractivity contribution < 1.29 is 27.7 Å². The van der Waals surface area contributed by atoms with Gasteiger partial charge in [-0.1, -0.05) is 6.92 Å². The average molecular weight is 270 g/mol. The predicted molar refractivity (Wildman–Crippen MR) is 61.0 cm³/mol. The van der Waals surface area contributed by atoms with Crippen LogP contribution in [0.1, 0.15) is 19.8 Å². The van der Waals surface area contributed by atoms with E-state index < -0.39 is 33.8 Å². The monoisotopic (exact) mass is 270 g/mol. The van der Waals surface area contributed by atoms with Crippen LogP contribution in [-0.2, 0) is 19.7 Å². The zero-order chi connectivity index (χ0) is 14.1. The number of nitrogens with one attached hydrogen (secondary N) is 1. The summed E-state index contributed by atoms with van der Waals surface area (Å²) >= 11 is 0. The standard InChI is InChI=1S/C4H10N2O4S.C4H8O2/c1-6-3(4(5)7)2-11(8,9)10;1-2-3-4(5)6/h3,6H,2H2,1H3,(H2,5,7)(H,8,9,10);2-3H2,1H3,(H,5,6). The molecule has 0 aliphatic heterocycles. The van der Waals surface area contributed by atoms with Gasteiger partial charge in [0.05, 0.1) is 5.75 Å². The lowest BCUT2D eigenvalue weighted by Crippen LogP contribution is -2.44. The van der Waals surface area contributed by atoms with Crippen molar-refractivity contribution in [3.8, 4) is 0 Å². The lowest BCUT2D eigenvalue weighted by atomic mass is 10.3. The van der Waals surface area contributed by atoms with Crippen LogP contribution in [0.4, 0.5) is 0 Å². The summed E-state index contributed by atoms with van der Waals surface area (Å²) < 4.78 is 28.7. The molecule has 5 N–H and O–H groups in total. The number of carboxylic acid groups (broad SMARTS) is 1. The lowest BCUT2D eigenvalue weighted by molar-refractivity contribution is -0.137. The molecular weight excluding hydrogens is 252 g/mol. The summed E-state index contributed by atoms with van der Waals surface area (Å²) in [4.78, 5) is 20.0. The highest BCUT2D eigenvalue weighted by Gasteiger charge is 2.19. The maximum atomic E-state index is 10.4. The highest BCUT2D eigenvalue weighted by molar-refractivity contribution is 7.85. The molecule has 0 fully saturated rings. The van der Waals surface area contributed by atoms with Crippen molar-refractivity contribution in [2.24, 2.45) is 5.73 Å². The smallest absolute Gasteiger partial charge is 0.303 e. The molecule has 1 atom stereocenters. The molecule has 17 heavy (non-hydrogen) atoms. The third-order valence-electron chi connectivity index (χ3n) is 1.53. The van der Waals surface area contributed by atoms with Gasteiger partial charge < -0.3 is 16.2 Å². The van der Waals surface area contributed by atoms with E-state index in [0.29, 0.717) is 6.42 Å². The van der Waals surface area contributed by atoms with Crippen LogP contribution in [0.25, 0.3) is 0 Å². The van der Waals surface area contributed by atoms with Gasteiger partial charge in [0.15, 0.2) is 0 Å². The number of hydrogen-bond acceptors (Lipinski definition) is 5. The Morgan fingerprint density at radius 3 is 1.94 bits per heavy atom. The van der Waals surface area contributed by atoms with Crippen molar-refractivity contribution in [1.82, 2.24) is 5.32 Å². The maximum absolute atomic E-state index is 10.4. The van der Waals surface area contributed by atoms with Gasteiger partial charge in [-0.25, -0.2) is 0 Å². The van der Waals surface area contributed by atoms with Gasteiger partial charge in [-0.3, -0.25) is 14.1 Å². The van der Waals surface area contributed by atoms with Gasteiger partial charge in [0, 0.05) is 6.42 Å². The molecule has 0 aromatic heterocycles. The van der Waals surface area contributed by atoms with Gasteiger partial charge in [-0.2, -0.15) is 8.42 Å². The lowest BCUT2D eigenvalue weighted by Gasteiger charge is -2.08. The number of carbonyl (C=O) groups is 2. The fraction of sp³-hybridized carbons (Fsp3) is 0.750. The quantitative estimate of drug-likeness (QED) is 0.444. The number of rotatable bonds is 6. The second-order valence-electron chi connectivity index (χ2n) is 3.14. The molecule has 0 aromatic carbocycles. The molecule has 0 aliphatic carbocycles. The van der Waals surface area contributed by atoms with Crippen LogP contribution in [0, 0.1) is 0 Å². The topological polar surface area (TPSA) is 147 Å². The van der Waals surface area contributed by atoms with E-state index in [-0.39, 0.29) is 0 Å². The zero-order valence-corrected chi connectivity index (χ0v) is 10.5. The van der Waals surface area contributed by atoms with E-state index in [0.717, 1.165) is 6.42 Å². The van der Waals surface area contributed by atoms with Crippen molar-refractivity contribution in [2.75, 3.05) is 12.8 Å². The van der Waals surface area contributed by atoms with Gasteiger partial charge >= 0.3 is 5.97 Å². The summed E-state index contributed by atoms with van der Waals surface area (Å²) in [6.45, 7) is 1.84. The van der Waals surface area contributed by atoms with Crippen LogP contribution < -0.4 is 11.1 Å². The summed E-state index contributed by atoms with van der Waals surface area (Å²) in [5.74, 6) is -2.22. The molecule has 0 spiro atoms. The summed E-state index contributed by atoms with van der Waals surface area (Å²) in [6.07, 6.45) is 1.02. The molecule has 0 rings (SSSR count). The number of primary amides is 1. The largest absolute Gasteiger partial charge is 0.481 e. The van der Waals surface area contributed by atoms with E-state index in [1.165, 1.54) is 7.05 Å². The fourth-order valence-corrected chi connectivity index (χ4v) is 1.48. The molecular formula is C8H18N2O6S. The maximum Gasteiger partial charge on any atom is 0.303 e. The summed E-state index contributed by atoms with van der Waals surface area (Å²) in [5.41, 5.74) is 4.78. The van der Waals surface area contributed by atoms with Crippen LogP contribution in [-0.4, -0.2) is 48.8 Å². The van der Waals surface area contributed by atoms with Crippen molar-refractivity contribution in [3.05, 3.63) is 0 Å². The molecule has 0 aliphatic rings. The number of amides is 1. The minimum atomic E-state index is -4.14. The first-order valence-corrected chi connectivity index (χ1v) is 6.38. The Kier molecular flexibility index (Phi) is 9.52. The van der Waals surface area contributed by atoms with Crippen LogP contribution in [0.3, 0.4) is 0 Å². The van der Waals surface area contributed by atoms with Crippen LogP contribution in [0.5, 0.6) is 0 Å². The third-order valence-corrected chi connectivity index (χ3v) is 2.29. The predicted octanol–water partition coefficient (Wildman–Crippen LogP) is -1.18. The minimum absolute atomic E-state index is 0.292. The van der Waals surface area contributed by atoms with Crippen molar-refractivity contribution in [2.45, 2.75) is 25.8 Å². The number of likely N-dealkylation sites (N-methyl/N-ethyl adjacent to an activating group) is 1. The Hall–Kier alpha value is -1.19. The fourth-order valence-electron chi connectivity index (χ4n) is 0.732. The van der Waals surface area contributed by atoms with Crippen molar-refractivity contribution >= 4 is 22.0 Å². The molecule has 1 amide bonds. The number of carboxylic acids is 1. The highest BCUT2D eigenvalue weighted by Crippen LogP contribution is 1.88. The van der Waals surface area contributed by atoms with E-state index in [4.69, 9.17) is 15.4 Å². The molecule has 0 aromatic rings. The van der Waals surface area contributed by atoms with E-state index in [1.54, 1.807) is 0 Å². The average Bonchev–Trinajstić information content (AvgIpc) is 2.13. The van der Waals surface area contributed by atoms with E-state index in [2.05, 4.69) is 5.32 Å². The normalized spacial score (nSPS) is 12.2. The SMILES string of the molecule is CCCC(=O)O.CNC(CS(=O)(=O)O)C(N)=O. The van der Waals surface area contributed by atoms with E-state index in [1.807, 2.05) is 6.92 Å². The Morgan fingerprint density at radius 1 is 1.41 bits per heavy atom. The Bertz CT molecular complexity index is 340. The first-order valence-electron chi connectivity index (χ1n) is 4.77. The van der Waals surface area contributed by atoms with Gasteiger partial charge in [0.2, 0.25) is 5.91 Å². The van der Waals surface area contributed by atoms with Crippen molar-refractivity contribution in [3.63, 3.8) is 0 Å². The van der Waals surface area contributed by atoms with E-state index in [9.17, 15) is 18.0 Å². The summed E-state index contributed by atoms with van der Waals surface area (Å²) in [7, 11) is -2.77. The molecule has 8 nitrogen and oxygen atoms in total. The number of carbonyl (C=O) groups excluding carboxylic acids is 1. The van der Waals surface area contributed by atoms with Gasteiger partial charge in [0.1, 0.15) is 6.04 Å². The van der Waals surface area contributed by atoms with Crippen molar-refractivity contribution in [1.29, 1.82) is 0 Å². The number of nitrogens with two attached hydrogens (primary N) is 1. The molecule has 0 saturated carbocycles. The van der Waals surface area contributed by atoms with Crippen LogP contribution >= 0.6 is 0 Å². The minimum Gasteiger partial charge on any atom is -0.481 e. The summed E-state index contributed by atoms with van der Waals surface area (Å²) in [6, 6.07) is -1.04. The molecule has 0 saturated heterocycles. The summed E-state index contributed by atoms with van der Waals surface area (Å²) in [5, 5.41) is 10.3. The van der Waals surface area contributed by atoms with Gasteiger partial charge in [-0.05, 0) is 13.5 Å². The highest BCUT2D eigenvalue weighted by atomic mass is 32.2. The third kappa shape index (κ3) is 14.8. The Morgan fingerprint density at radius 2 is 1.88 bits per heavy atom. The molecule has 0 heterocycles. The first kappa shape index (κ1) is 18.2. The van der Waals surface area contributed by atoms with Gasteiger partial charge in [0.25, 0.3) is 10.1 Å². The first-order chi connectivity index (χ1) is 7.64. The molecule has 0 radical (unpaired) electrons. The van der Waals surface area contributed by atoms with Gasteiger partial charge in [-0.15, -0.1) is 0 Å². The Labute approximate surface area is 99.9 Å². The van der Waals surface area contributed by atoms with Crippen LogP contribution in [0.2, 0.25) is 0 Å². The second-order valence-corrected chi connectivity index (χ2v) is 4.63. The second kappa shape index (κ2) is 8.90.